The lowest BCUT2D eigenvalue weighted by Gasteiger charge is -2.23. The monoisotopic (exact) mass is 297 g/mol. The second kappa shape index (κ2) is 7.76. The summed E-state index contributed by atoms with van der Waals surface area (Å²) < 4.78 is 0. The van der Waals surface area contributed by atoms with Gasteiger partial charge < -0.3 is 10.4 Å². The molecule has 0 bridgehead atoms. The van der Waals surface area contributed by atoms with E-state index in [1.807, 2.05) is 74.5 Å². The van der Waals surface area contributed by atoms with Crippen LogP contribution in [0.2, 0.25) is 0 Å². The molecule has 0 saturated carbocycles. The molecule has 2 aromatic rings. The van der Waals surface area contributed by atoms with Crippen LogP contribution in [0, 0.1) is 0 Å². The average molecular weight is 297 g/mol. The smallest absolute Gasteiger partial charge is 0.227 e. The minimum atomic E-state index is -0.710. The maximum Gasteiger partial charge on any atom is 0.227 e. The number of nitrogens with one attached hydrogen (secondary N) is 1. The molecule has 0 radical (unpaired) electrons. The molecule has 1 amide bonds. The van der Waals surface area contributed by atoms with Gasteiger partial charge in [0.05, 0.1) is 18.1 Å². The second-order valence-electron chi connectivity index (χ2n) is 5.52. The van der Waals surface area contributed by atoms with Crippen molar-refractivity contribution in [1.29, 1.82) is 0 Å². The molecule has 2 aromatic carbocycles. The Morgan fingerprint density at radius 2 is 1.50 bits per heavy atom. The third-order valence-electron chi connectivity index (χ3n) is 3.91. The summed E-state index contributed by atoms with van der Waals surface area (Å²) in [6.45, 7) is 3.82. The molecule has 0 heterocycles. The van der Waals surface area contributed by atoms with Crippen molar-refractivity contribution in [3.05, 3.63) is 71.8 Å². The van der Waals surface area contributed by atoms with Crippen molar-refractivity contribution < 1.29 is 9.90 Å². The Morgan fingerprint density at radius 1 is 1.00 bits per heavy atom. The van der Waals surface area contributed by atoms with Gasteiger partial charge in [-0.25, -0.2) is 0 Å². The third-order valence-corrected chi connectivity index (χ3v) is 3.91. The Kier molecular flexibility index (Phi) is 5.73. The zero-order valence-corrected chi connectivity index (χ0v) is 13.1. The lowest BCUT2D eigenvalue weighted by molar-refractivity contribution is -0.124. The van der Waals surface area contributed by atoms with Crippen LogP contribution in [0.1, 0.15) is 43.4 Å². The van der Waals surface area contributed by atoms with Gasteiger partial charge in [0, 0.05) is 0 Å². The number of rotatable bonds is 6. The highest BCUT2D eigenvalue weighted by Crippen LogP contribution is 2.21. The first-order valence-corrected chi connectivity index (χ1v) is 7.71. The Morgan fingerprint density at radius 3 is 2.00 bits per heavy atom. The van der Waals surface area contributed by atoms with Gasteiger partial charge >= 0.3 is 0 Å². The fourth-order valence-corrected chi connectivity index (χ4v) is 2.60. The van der Waals surface area contributed by atoms with Crippen molar-refractivity contribution in [1.82, 2.24) is 5.32 Å². The molecule has 0 saturated heterocycles. The van der Waals surface area contributed by atoms with Gasteiger partial charge in [0.25, 0.3) is 0 Å². The van der Waals surface area contributed by atoms with E-state index in [4.69, 9.17) is 0 Å². The molecular formula is C19H23NO2. The van der Waals surface area contributed by atoms with Crippen LogP contribution in [-0.4, -0.2) is 17.1 Å². The zero-order chi connectivity index (χ0) is 15.9. The summed E-state index contributed by atoms with van der Waals surface area (Å²) in [7, 11) is 0. The Bertz CT molecular complexity index is 583. The topological polar surface area (TPSA) is 49.3 Å². The fraction of sp³-hybridized carbons (Fsp3) is 0.316. The summed E-state index contributed by atoms with van der Waals surface area (Å²) >= 11 is 0. The number of hydrogen-bond donors (Lipinski definition) is 2. The van der Waals surface area contributed by atoms with Crippen molar-refractivity contribution in [3.8, 4) is 0 Å². The highest BCUT2D eigenvalue weighted by molar-refractivity contribution is 5.83. The van der Waals surface area contributed by atoms with E-state index >= 15 is 0 Å². The summed E-state index contributed by atoms with van der Waals surface area (Å²) in [5, 5.41) is 13.3. The number of carbonyl (C=O) groups is 1. The van der Waals surface area contributed by atoms with Crippen molar-refractivity contribution in [3.63, 3.8) is 0 Å². The van der Waals surface area contributed by atoms with E-state index in [2.05, 4.69) is 5.32 Å². The van der Waals surface area contributed by atoms with Gasteiger partial charge in [0.2, 0.25) is 5.91 Å². The molecule has 0 aromatic heterocycles. The van der Waals surface area contributed by atoms with Crippen molar-refractivity contribution in [2.24, 2.45) is 0 Å². The van der Waals surface area contributed by atoms with Crippen LogP contribution in [0.5, 0.6) is 0 Å². The third kappa shape index (κ3) is 3.95. The predicted octanol–water partition coefficient (Wildman–Crippen LogP) is 3.42. The van der Waals surface area contributed by atoms with Crippen LogP contribution in [0.3, 0.4) is 0 Å². The van der Waals surface area contributed by atoms with Gasteiger partial charge in [-0.2, -0.15) is 0 Å². The Balaban J connectivity index is 2.04. The minimum absolute atomic E-state index is 0.0452. The number of hydrogen-bond acceptors (Lipinski definition) is 2. The van der Waals surface area contributed by atoms with Gasteiger partial charge in [-0.1, -0.05) is 67.6 Å². The number of carbonyl (C=O) groups excluding carboxylic acids is 1. The quantitative estimate of drug-likeness (QED) is 0.858. The highest BCUT2D eigenvalue weighted by Gasteiger charge is 2.23. The van der Waals surface area contributed by atoms with Crippen LogP contribution in [-0.2, 0) is 4.79 Å². The van der Waals surface area contributed by atoms with E-state index in [-0.39, 0.29) is 17.9 Å². The van der Waals surface area contributed by atoms with Gasteiger partial charge in [0.15, 0.2) is 0 Å². The maximum atomic E-state index is 12.5. The molecule has 0 fully saturated rings. The van der Waals surface area contributed by atoms with E-state index < -0.39 is 6.10 Å². The molecule has 116 valence electrons. The van der Waals surface area contributed by atoms with Crippen molar-refractivity contribution >= 4 is 5.91 Å². The number of benzene rings is 2. The molecule has 3 nitrogen and oxygen atoms in total. The number of amides is 1. The number of aliphatic hydroxyl groups excluding tert-OH is 1. The molecule has 0 aliphatic heterocycles. The van der Waals surface area contributed by atoms with Gasteiger partial charge in [-0.05, 0) is 24.5 Å². The predicted molar refractivity (Wildman–Crippen MR) is 88.5 cm³/mol. The van der Waals surface area contributed by atoms with E-state index in [1.54, 1.807) is 0 Å². The maximum absolute atomic E-state index is 12.5. The molecule has 0 unspecified atom stereocenters. The highest BCUT2D eigenvalue weighted by atomic mass is 16.3. The van der Waals surface area contributed by atoms with Crippen LogP contribution in [0.25, 0.3) is 0 Å². The SMILES string of the molecule is CC[C@@H](C(=O)N[C@@H](C)[C@@H](O)c1ccccc1)c1ccccc1. The van der Waals surface area contributed by atoms with Gasteiger partial charge in [0.1, 0.15) is 0 Å². The first-order valence-electron chi connectivity index (χ1n) is 7.71. The van der Waals surface area contributed by atoms with Crippen LogP contribution >= 0.6 is 0 Å². The molecule has 0 aliphatic carbocycles. The molecule has 2 N–H and O–H groups in total. The molecule has 0 aliphatic rings. The second-order valence-corrected chi connectivity index (χ2v) is 5.52. The molecule has 0 spiro atoms. The lowest BCUT2D eigenvalue weighted by Crippen LogP contribution is -2.39. The van der Waals surface area contributed by atoms with Crippen LogP contribution in [0.4, 0.5) is 0 Å². The van der Waals surface area contributed by atoms with E-state index in [0.717, 1.165) is 17.5 Å². The normalized spacial score (nSPS) is 14.9. The number of aliphatic hydroxyl groups is 1. The summed E-state index contributed by atoms with van der Waals surface area (Å²) in [6, 6.07) is 18.8. The van der Waals surface area contributed by atoms with Crippen molar-refractivity contribution in [2.75, 3.05) is 0 Å². The van der Waals surface area contributed by atoms with E-state index in [1.165, 1.54) is 0 Å². The standard InChI is InChI=1S/C19H23NO2/c1-3-17(15-10-6-4-7-11-15)19(22)20-14(2)18(21)16-12-8-5-9-13-16/h4-14,17-18,21H,3H2,1-2H3,(H,20,22)/t14-,17+,18+/m0/s1. The van der Waals surface area contributed by atoms with E-state index in [0.29, 0.717) is 0 Å². The molecule has 22 heavy (non-hydrogen) atoms. The fourth-order valence-electron chi connectivity index (χ4n) is 2.60. The molecule has 3 heteroatoms. The largest absolute Gasteiger partial charge is 0.386 e. The summed E-state index contributed by atoms with van der Waals surface area (Å²) in [5.41, 5.74) is 1.81. The van der Waals surface area contributed by atoms with Crippen molar-refractivity contribution in [2.45, 2.75) is 38.3 Å². The molecule has 3 atom stereocenters. The average Bonchev–Trinajstić information content (AvgIpc) is 2.56. The minimum Gasteiger partial charge on any atom is -0.386 e. The van der Waals surface area contributed by atoms with Gasteiger partial charge in [-0.3, -0.25) is 4.79 Å². The molecular weight excluding hydrogens is 274 g/mol. The Labute approximate surface area is 132 Å². The lowest BCUT2D eigenvalue weighted by atomic mass is 9.94. The summed E-state index contributed by atoms with van der Waals surface area (Å²) in [6.07, 6.45) is 0.0164. The first-order chi connectivity index (χ1) is 10.6. The van der Waals surface area contributed by atoms with Crippen LogP contribution in [0.15, 0.2) is 60.7 Å². The summed E-state index contributed by atoms with van der Waals surface area (Å²) in [4.78, 5) is 12.5. The summed E-state index contributed by atoms with van der Waals surface area (Å²) in [5.74, 6) is -0.234. The zero-order valence-electron chi connectivity index (χ0n) is 13.1. The Hall–Kier alpha value is -2.13. The van der Waals surface area contributed by atoms with E-state index in [9.17, 15) is 9.90 Å². The first kappa shape index (κ1) is 16.2. The molecule has 2 rings (SSSR count). The van der Waals surface area contributed by atoms with Crippen LogP contribution < -0.4 is 5.32 Å². The van der Waals surface area contributed by atoms with Gasteiger partial charge in [-0.15, -0.1) is 0 Å².